The van der Waals surface area contributed by atoms with Crippen LogP contribution in [-0.4, -0.2) is 26.2 Å². The van der Waals surface area contributed by atoms with Gasteiger partial charge in [-0.2, -0.15) is 0 Å². The van der Waals surface area contributed by atoms with Crippen molar-refractivity contribution < 1.29 is 19.0 Å². The Hall–Kier alpha value is -1.08. The van der Waals surface area contributed by atoms with Gasteiger partial charge in [0.15, 0.2) is 0 Å². The van der Waals surface area contributed by atoms with E-state index in [1.807, 2.05) is 13.8 Å². The molecule has 6 heteroatoms. The van der Waals surface area contributed by atoms with Crippen molar-refractivity contribution in [3.63, 3.8) is 0 Å². The van der Waals surface area contributed by atoms with E-state index in [0.29, 0.717) is 4.90 Å². The van der Waals surface area contributed by atoms with Crippen LogP contribution in [0.25, 0.3) is 0 Å². The largest absolute Gasteiger partial charge is 0.478 e. The maximum Gasteiger partial charge on any atom is 0.335 e. The highest BCUT2D eigenvalue weighted by atomic mass is 32.3. The minimum atomic E-state index is -3.06. The Morgan fingerprint density at radius 1 is 1.35 bits per heavy atom. The van der Waals surface area contributed by atoms with Gasteiger partial charge in [-0.15, -0.1) is 10.8 Å². The fourth-order valence-electron chi connectivity index (χ4n) is 1.22. The summed E-state index contributed by atoms with van der Waals surface area (Å²) in [6.45, 7) is 3.78. The predicted octanol–water partition coefficient (Wildman–Crippen LogP) is 2.80. The van der Waals surface area contributed by atoms with Crippen molar-refractivity contribution in [1.29, 1.82) is 0 Å². The Morgan fingerprint density at radius 3 is 2.29 bits per heavy atom. The van der Waals surface area contributed by atoms with Crippen LogP contribution in [0.5, 0.6) is 0 Å². The topological polar surface area (TPSA) is 89.8 Å². The molecule has 0 aromatic heterocycles. The number of carboxylic acid groups (broad SMARTS) is 1. The van der Waals surface area contributed by atoms with Crippen molar-refractivity contribution >= 4 is 16.7 Å². The van der Waals surface area contributed by atoms with Crippen LogP contribution >= 0.6 is 10.8 Å². The molecule has 1 atom stereocenters. The van der Waals surface area contributed by atoms with E-state index >= 15 is 0 Å². The molecule has 0 amide bonds. The monoisotopic (exact) mass is 259 g/mol. The summed E-state index contributed by atoms with van der Waals surface area (Å²) >= 11 is 0. The lowest BCUT2D eigenvalue weighted by Gasteiger charge is -2.35. The zero-order valence-corrected chi connectivity index (χ0v) is 10.6. The first-order chi connectivity index (χ1) is 7.86. The van der Waals surface area contributed by atoms with E-state index in [-0.39, 0.29) is 11.6 Å². The third kappa shape index (κ3) is 3.71. The Kier molecular flexibility index (Phi) is 4.53. The molecule has 1 aromatic rings. The lowest BCUT2D eigenvalue weighted by Crippen LogP contribution is -2.28. The van der Waals surface area contributed by atoms with Crippen LogP contribution in [0.1, 0.15) is 30.6 Å². The molecule has 0 radical (unpaired) electrons. The van der Waals surface area contributed by atoms with E-state index < -0.39 is 16.7 Å². The van der Waals surface area contributed by atoms with Crippen molar-refractivity contribution in [2.24, 2.45) is 0 Å². The summed E-state index contributed by atoms with van der Waals surface area (Å²) < 4.78 is 22.5. The molecule has 0 aliphatic rings. The number of aromatic carboxylic acids is 1. The SMILES string of the molecule is CCC(C)NS(O)(O)c1ccc(C(=O)O)cc1. The molecule has 0 saturated carbocycles. The zero-order chi connectivity index (χ0) is 13.1. The number of benzene rings is 1. The maximum atomic E-state index is 10.7. The van der Waals surface area contributed by atoms with Crippen molar-refractivity contribution in [3.8, 4) is 0 Å². The van der Waals surface area contributed by atoms with Crippen LogP contribution in [0.3, 0.4) is 0 Å². The van der Waals surface area contributed by atoms with E-state index in [4.69, 9.17) is 5.11 Å². The zero-order valence-electron chi connectivity index (χ0n) is 9.75. The highest BCUT2D eigenvalue weighted by Crippen LogP contribution is 2.44. The second-order valence-electron chi connectivity index (χ2n) is 3.81. The van der Waals surface area contributed by atoms with Crippen LogP contribution in [0.2, 0.25) is 0 Å². The van der Waals surface area contributed by atoms with E-state index in [1.54, 1.807) is 0 Å². The lowest BCUT2D eigenvalue weighted by atomic mass is 10.2. The summed E-state index contributed by atoms with van der Waals surface area (Å²) in [6.07, 6.45) is 0.767. The van der Waals surface area contributed by atoms with Gasteiger partial charge in [0, 0.05) is 6.04 Å². The number of carboxylic acids is 1. The molecule has 17 heavy (non-hydrogen) atoms. The van der Waals surface area contributed by atoms with E-state index in [1.165, 1.54) is 24.3 Å². The molecule has 1 rings (SSSR count). The number of hydrogen-bond acceptors (Lipinski definition) is 4. The molecular weight excluding hydrogens is 242 g/mol. The predicted molar refractivity (Wildman–Crippen MR) is 67.4 cm³/mol. The van der Waals surface area contributed by atoms with Gasteiger partial charge in [-0.05, 0) is 37.6 Å². The number of hydrogen-bond donors (Lipinski definition) is 4. The van der Waals surface area contributed by atoms with Gasteiger partial charge in [-0.25, -0.2) is 9.52 Å². The van der Waals surface area contributed by atoms with Gasteiger partial charge in [0.2, 0.25) is 0 Å². The molecule has 4 N–H and O–H groups in total. The normalized spacial score (nSPS) is 14.4. The van der Waals surface area contributed by atoms with E-state index in [2.05, 4.69) is 4.72 Å². The molecule has 0 bridgehead atoms. The third-order valence-electron chi connectivity index (χ3n) is 2.41. The highest BCUT2D eigenvalue weighted by Gasteiger charge is 2.17. The van der Waals surface area contributed by atoms with Gasteiger partial charge >= 0.3 is 5.97 Å². The van der Waals surface area contributed by atoms with Crippen molar-refractivity contribution in [3.05, 3.63) is 29.8 Å². The van der Waals surface area contributed by atoms with Crippen LogP contribution < -0.4 is 4.72 Å². The molecule has 0 aliphatic carbocycles. The highest BCUT2D eigenvalue weighted by molar-refractivity contribution is 8.22. The first-order valence-corrected chi connectivity index (χ1v) is 6.80. The smallest absolute Gasteiger partial charge is 0.335 e. The lowest BCUT2D eigenvalue weighted by molar-refractivity contribution is 0.0696. The summed E-state index contributed by atoms with van der Waals surface area (Å²) in [5.74, 6) is -1.04. The molecule has 96 valence electrons. The summed E-state index contributed by atoms with van der Waals surface area (Å²) in [4.78, 5) is 10.9. The van der Waals surface area contributed by atoms with Gasteiger partial charge in [0.1, 0.15) is 0 Å². The second-order valence-corrected chi connectivity index (χ2v) is 5.61. The Bertz CT molecular complexity index is 391. The average molecular weight is 259 g/mol. The molecule has 1 aromatic carbocycles. The summed E-state index contributed by atoms with van der Waals surface area (Å²) in [5.41, 5.74) is 0.118. The number of nitrogens with one attached hydrogen (secondary N) is 1. The van der Waals surface area contributed by atoms with Crippen molar-refractivity contribution in [2.75, 3.05) is 0 Å². The Balaban J connectivity index is 2.87. The third-order valence-corrected chi connectivity index (χ3v) is 4.07. The van der Waals surface area contributed by atoms with Gasteiger partial charge in [-0.1, -0.05) is 6.92 Å². The van der Waals surface area contributed by atoms with Crippen molar-refractivity contribution in [1.82, 2.24) is 4.72 Å². The average Bonchev–Trinajstić information content (AvgIpc) is 2.28. The standard InChI is InChI=1S/C11H17NO4S/c1-3-8(2)12-17(15,16)10-6-4-9(5-7-10)11(13)14/h4-8,12,15-16H,3H2,1-2H3,(H,13,14). The molecule has 1 unspecified atom stereocenters. The first-order valence-electron chi connectivity index (χ1n) is 5.25. The minimum absolute atomic E-state index is 0.0286. The second kappa shape index (κ2) is 5.50. The molecule has 0 spiro atoms. The minimum Gasteiger partial charge on any atom is -0.478 e. The van der Waals surface area contributed by atoms with Gasteiger partial charge in [0.05, 0.1) is 10.5 Å². The van der Waals surface area contributed by atoms with Crippen LogP contribution in [0, 0.1) is 0 Å². The fourth-order valence-corrected chi connectivity index (χ4v) is 2.60. The van der Waals surface area contributed by atoms with Gasteiger partial charge in [-0.3, -0.25) is 9.11 Å². The summed E-state index contributed by atoms with van der Waals surface area (Å²) in [7, 11) is -3.06. The number of rotatable bonds is 5. The van der Waals surface area contributed by atoms with E-state index in [0.717, 1.165) is 6.42 Å². The molecule has 0 heterocycles. The van der Waals surface area contributed by atoms with Crippen LogP contribution in [0.15, 0.2) is 29.2 Å². The van der Waals surface area contributed by atoms with Gasteiger partial charge in [0.25, 0.3) is 0 Å². The van der Waals surface area contributed by atoms with Crippen LogP contribution in [0.4, 0.5) is 0 Å². The Labute approximate surface area is 102 Å². The molecule has 5 nitrogen and oxygen atoms in total. The molecular formula is C11H17NO4S. The molecule has 0 fully saturated rings. The van der Waals surface area contributed by atoms with Crippen molar-refractivity contribution in [2.45, 2.75) is 31.2 Å². The Morgan fingerprint density at radius 2 is 1.88 bits per heavy atom. The van der Waals surface area contributed by atoms with Crippen LogP contribution in [-0.2, 0) is 0 Å². The quantitative estimate of drug-likeness (QED) is 0.653. The van der Waals surface area contributed by atoms with E-state index in [9.17, 15) is 13.9 Å². The van der Waals surface area contributed by atoms with Gasteiger partial charge < -0.3 is 5.11 Å². The first kappa shape index (κ1) is 14.0. The fraction of sp³-hybridized carbons (Fsp3) is 0.364. The number of carbonyl (C=O) groups is 1. The molecule has 0 saturated heterocycles. The maximum absolute atomic E-state index is 10.7. The summed E-state index contributed by atoms with van der Waals surface area (Å²) in [5, 5.41) is 8.73. The molecule has 0 aliphatic heterocycles. The summed E-state index contributed by atoms with van der Waals surface area (Å²) in [6, 6.07) is 5.50.